The number of hydrogen-bond acceptors (Lipinski definition) is 2. The second kappa shape index (κ2) is 2.37. The third-order valence-electron chi connectivity index (χ3n) is 2.47. The van der Waals surface area contributed by atoms with E-state index in [0.717, 1.165) is 13.0 Å². The summed E-state index contributed by atoms with van der Waals surface area (Å²) in [5.41, 5.74) is 0. The lowest BCUT2D eigenvalue weighted by Crippen LogP contribution is -2.28. The van der Waals surface area contributed by atoms with Gasteiger partial charge in [0.25, 0.3) is 0 Å². The Labute approximate surface area is 64.7 Å². The molecule has 0 aromatic heterocycles. The van der Waals surface area contributed by atoms with Crippen LogP contribution in [0.5, 0.6) is 0 Å². The minimum absolute atomic E-state index is 0.186. The van der Waals surface area contributed by atoms with Gasteiger partial charge in [0, 0.05) is 19.1 Å². The van der Waals surface area contributed by atoms with Gasteiger partial charge >= 0.3 is 6.09 Å². The summed E-state index contributed by atoms with van der Waals surface area (Å²) in [7, 11) is 0. The number of ether oxygens (including phenoxy) is 1. The average molecular weight is 157 g/mol. The zero-order valence-electron chi connectivity index (χ0n) is 6.19. The van der Waals surface area contributed by atoms with Gasteiger partial charge in [0.05, 0.1) is 12.6 Å². The first-order valence-corrected chi connectivity index (χ1v) is 3.87. The van der Waals surface area contributed by atoms with Crippen molar-refractivity contribution >= 4 is 6.09 Å². The zero-order valence-corrected chi connectivity index (χ0v) is 6.19. The predicted molar refractivity (Wildman–Crippen MR) is 37.4 cm³/mol. The van der Waals surface area contributed by atoms with Crippen molar-refractivity contribution in [3.63, 3.8) is 0 Å². The van der Waals surface area contributed by atoms with E-state index in [1.165, 1.54) is 4.90 Å². The molecule has 1 N–H and O–H groups in total. The highest BCUT2D eigenvalue weighted by atomic mass is 16.5. The molecule has 2 aliphatic heterocycles. The predicted octanol–water partition coefficient (Wildman–Crippen LogP) is 0.385. The molecule has 0 spiro atoms. The van der Waals surface area contributed by atoms with E-state index in [-0.39, 0.29) is 6.10 Å². The molecule has 2 heterocycles. The van der Waals surface area contributed by atoms with E-state index in [4.69, 9.17) is 9.84 Å². The van der Waals surface area contributed by atoms with Crippen molar-refractivity contribution in [2.24, 2.45) is 5.92 Å². The highest BCUT2D eigenvalue weighted by molar-refractivity contribution is 5.65. The van der Waals surface area contributed by atoms with Crippen molar-refractivity contribution in [3.05, 3.63) is 0 Å². The number of rotatable bonds is 0. The van der Waals surface area contributed by atoms with Gasteiger partial charge in [-0.3, -0.25) is 0 Å². The van der Waals surface area contributed by atoms with Crippen LogP contribution in [-0.2, 0) is 4.74 Å². The number of carboxylic acid groups (broad SMARTS) is 1. The zero-order chi connectivity index (χ0) is 7.84. The maximum absolute atomic E-state index is 10.5. The SMILES string of the molecule is O=C(O)N1CC2CCOC2C1. The summed E-state index contributed by atoms with van der Waals surface area (Å²) >= 11 is 0. The van der Waals surface area contributed by atoms with E-state index in [1.807, 2.05) is 0 Å². The van der Waals surface area contributed by atoms with Crippen molar-refractivity contribution < 1.29 is 14.6 Å². The van der Waals surface area contributed by atoms with Crippen LogP contribution in [0.15, 0.2) is 0 Å². The molecule has 2 aliphatic rings. The van der Waals surface area contributed by atoms with Crippen LogP contribution in [0.4, 0.5) is 4.79 Å². The van der Waals surface area contributed by atoms with Gasteiger partial charge in [-0.2, -0.15) is 0 Å². The van der Waals surface area contributed by atoms with Crippen LogP contribution in [-0.4, -0.2) is 41.9 Å². The maximum Gasteiger partial charge on any atom is 0.407 e. The van der Waals surface area contributed by atoms with Crippen molar-refractivity contribution in [2.45, 2.75) is 12.5 Å². The Kier molecular flexibility index (Phi) is 1.49. The van der Waals surface area contributed by atoms with Crippen molar-refractivity contribution in [1.82, 2.24) is 4.90 Å². The lowest BCUT2D eigenvalue weighted by Gasteiger charge is -2.11. The Morgan fingerprint density at radius 3 is 3.00 bits per heavy atom. The Hall–Kier alpha value is -0.770. The van der Waals surface area contributed by atoms with Crippen LogP contribution in [0.2, 0.25) is 0 Å². The minimum Gasteiger partial charge on any atom is -0.465 e. The number of amides is 1. The number of hydrogen-bond donors (Lipinski definition) is 1. The minimum atomic E-state index is -0.817. The fourth-order valence-electron chi connectivity index (χ4n) is 1.83. The average Bonchev–Trinajstić information content (AvgIpc) is 2.40. The van der Waals surface area contributed by atoms with E-state index in [1.54, 1.807) is 0 Å². The van der Waals surface area contributed by atoms with Gasteiger partial charge in [0.15, 0.2) is 0 Å². The monoisotopic (exact) mass is 157 g/mol. The molecule has 0 aromatic rings. The Morgan fingerprint density at radius 2 is 2.36 bits per heavy atom. The normalized spacial score (nSPS) is 35.8. The number of carbonyl (C=O) groups is 1. The summed E-state index contributed by atoms with van der Waals surface area (Å²) in [6, 6.07) is 0. The molecule has 0 radical (unpaired) electrons. The molecule has 2 unspecified atom stereocenters. The molecule has 2 saturated heterocycles. The molecule has 4 heteroatoms. The Balaban J connectivity index is 1.99. The lowest BCUT2D eigenvalue weighted by molar-refractivity contribution is 0.0952. The highest BCUT2D eigenvalue weighted by Gasteiger charge is 2.39. The maximum atomic E-state index is 10.5. The van der Waals surface area contributed by atoms with Crippen molar-refractivity contribution in [3.8, 4) is 0 Å². The van der Waals surface area contributed by atoms with Crippen LogP contribution in [0, 0.1) is 5.92 Å². The van der Waals surface area contributed by atoms with Gasteiger partial charge in [-0.1, -0.05) is 0 Å². The smallest absolute Gasteiger partial charge is 0.407 e. The fourth-order valence-corrected chi connectivity index (χ4v) is 1.83. The van der Waals surface area contributed by atoms with Gasteiger partial charge in [-0.25, -0.2) is 4.79 Å². The molecular formula is C7H11NO3. The summed E-state index contributed by atoms with van der Waals surface area (Å²) in [4.78, 5) is 11.9. The molecule has 1 amide bonds. The molecule has 0 bridgehead atoms. The van der Waals surface area contributed by atoms with Gasteiger partial charge < -0.3 is 14.7 Å². The highest BCUT2D eigenvalue weighted by Crippen LogP contribution is 2.28. The number of likely N-dealkylation sites (tertiary alicyclic amines) is 1. The molecule has 2 rings (SSSR count). The summed E-state index contributed by atoms with van der Waals surface area (Å²) in [5.74, 6) is 0.464. The van der Waals surface area contributed by atoms with E-state index in [0.29, 0.717) is 19.0 Å². The molecule has 0 aliphatic carbocycles. The van der Waals surface area contributed by atoms with Crippen LogP contribution in [0.1, 0.15) is 6.42 Å². The first kappa shape index (κ1) is 6.91. The molecule has 11 heavy (non-hydrogen) atoms. The molecule has 0 aromatic carbocycles. The topological polar surface area (TPSA) is 49.8 Å². The van der Waals surface area contributed by atoms with Crippen LogP contribution >= 0.6 is 0 Å². The summed E-state index contributed by atoms with van der Waals surface area (Å²) in [6.45, 7) is 2.04. The second-order valence-corrected chi connectivity index (χ2v) is 3.15. The van der Waals surface area contributed by atoms with Crippen LogP contribution < -0.4 is 0 Å². The third-order valence-corrected chi connectivity index (χ3v) is 2.47. The largest absolute Gasteiger partial charge is 0.465 e. The second-order valence-electron chi connectivity index (χ2n) is 3.15. The molecule has 4 nitrogen and oxygen atoms in total. The first-order chi connectivity index (χ1) is 5.27. The van der Waals surface area contributed by atoms with Crippen LogP contribution in [0.25, 0.3) is 0 Å². The molecule has 0 saturated carbocycles. The van der Waals surface area contributed by atoms with Gasteiger partial charge in [0.1, 0.15) is 0 Å². The summed E-state index contributed by atoms with van der Waals surface area (Å²) in [5, 5.41) is 8.64. The quantitative estimate of drug-likeness (QED) is 0.553. The molecule has 2 fully saturated rings. The number of fused-ring (bicyclic) bond motifs is 1. The van der Waals surface area contributed by atoms with E-state index >= 15 is 0 Å². The van der Waals surface area contributed by atoms with Gasteiger partial charge in [0.2, 0.25) is 0 Å². The fraction of sp³-hybridized carbons (Fsp3) is 0.857. The lowest BCUT2D eigenvalue weighted by atomic mass is 10.1. The first-order valence-electron chi connectivity index (χ1n) is 3.87. The van der Waals surface area contributed by atoms with E-state index in [2.05, 4.69) is 0 Å². The molecule has 2 atom stereocenters. The molecular weight excluding hydrogens is 146 g/mol. The van der Waals surface area contributed by atoms with Crippen LogP contribution in [0.3, 0.4) is 0 Å². The van der Waals surface area contributed by atoms with Gasteiger partial charge in [-0.05, 0) is 6.42 Å². The van der Waals surface area contributed by atoms with E-state index < -0.39 is 6.09 Å². The Bertz CT molecular complexity index is 171. The number of nitrogens with zero attached hydrogens (tertiary/aromatic N) is 1. The summed E-state index contributed by atoms with van der Waals surface area (Å²) in [6.07, 6.45) is 0.392. The van der Waals surface area contributed by atoms with Crippen molar-refractivity contribution in [1.29, 1.82) is 0 Å². The Morgan fingerprint density at radius 1 is 1.55 bits per heavy atom. The standard InChI is InChI=1S/C7H11NO3/c9-7(10)8-3-5-1-2-11-6(5)4-8/h5-6H,1-4H2,(H,9,10). The summed E-state index contributed by atoms with van der Waals surface area (Å²) < 4.78 is 5.35. The van der Waals surface area contributed by atoms with Gasteiger partial charge in [-0.15, -0.1) is 0 Å². The van der Waals surface area contributed by atoms with E-state index in [9.17, 15) is 4.79 Å². The molecule has 62 valence electrons. The van der Waals surface area contributed by atoms with Crippen molar-refractivity contribution in [2.75, 3.05) is 19.7 Å². The third kappa shape index (κ3) is 1.07.